The molecule has 0 atom stereocenters. The monoisotopic (exact) mass is 437 g/mol. The zero-order chi connectivity index (χ0) is 18.6. The molecule has 140 valence electrons. The third-order valence-electron chi connectivity index (χ3n) is 4.18. The van der Waals surface area contributed by atoms with Crippen molar-refractivity contribution in [3.8, 4) is 10.6 Å². The number of aromatic nitrogens is 2. The highest BCUT2D eigenvalue weighted by Gasteiger charge is 2.19. The number of hydrogen-bond acceptors (Lipinski definition) is 7. The highest BCUT2D eigenvalue weighted by atomic mass is 35.5. The van der Waals surface area contributed by atoms with Gasteiger partial charge in [0.2, 0.25) is 0 Å². The summed E-state index contributed by atoms with van der Waals surface area (Å²) in [5.74, 6) is 0.468. The molecule has 1 fully saturated rings. The summed E-state index contributed by atoms with van der Waals surface area (Å²) in [6.45, 7) is 2.13. The molecule has 0 unspecified atom stereocenters. The lowest BCUT2D eigenvalue weighted by atomic mass is 10.1. The molecule has 4 heterocycles. The van der Waals surface area contributed by atoms with E-state index < -0.39 is 0 Å². The second-order valence-electron chi connectivity index (χ2n) is 6.09. The van der Waals surface area contributed by atoms with Gasteiger partial charge >= 0.3 is 0 Å². The van der Waals surface area contributed by atoms with Crippen molar-refractivity contribution in [3.63, 3.8) is 0 Å². The summed E-state index contributed by atoms with van der Waals surface area (Å²) in [5, 5.41) is 8.36. The molecule has 0 amide bonds. The smallest absolute Gasteiger partial charge is 0.186 e. The Morgan fingerprint density at radius 2 is 2.07 bits per heavy atom. The van der Waals surface area contributed by atoms with Crippen molar-refractivity contribution in [1.82, 2.24) is 9.97 Å². The van der Waals surface area contributed by atoms with Crippen molar-refractivity contribution in [1.29, 1.82) is 0 Å². The lowest BCUT2D eigenvalue weighted by Crippen LogP contribution is -2.29. The van der Waals surface area contributed by atoms with E-state index in [1.807, 2.05) is 6.07 Å². The van der Waals surface area contributed by atoms with Crippen LogP contribution >= 0.6 is 45.9 Å². The minimum atomic E-state index is 0.427. The Morgan fingerprint density at radius 1 is 1.22 bits per heavy atom. The minimum Gasteiger partial charge on any atom is -0.348 e. The van der Waals surface area contributed by atoms with Gasteiger partial charge in [0.15, 0.2) is 10.9 Å². The van der Waals surface area contributed by atoms with E-state index in [0.717, 1.165) is 33.7 Å². The van der Waals surface area contributed by atoms with E-state index >= 15 is 0 Å². The highest BCUT2D eigenvalue weighted by molar-refractivity contribution is 7.18. The number of halogens is 2. The van der Waals surface area contributed by atoms with E-state index in [0.29, 0.717) is 15.9 Å². The van der Waals surface area contributed by atoms with Gasteiger partial charge in [-0.15, -0.1) is 11.3 Å². The maximum Gasteiger partial charge on any atom is 0.186 e. The molecule has 27 heavy (non-hydrogen) atoms. The predicted octanol–water partition coefficient (Wildman–Crippen LogP) is 6.01. The summed E-state index contributed by atoms with van der Waals surface area (Å²) in [4.78, 5) is 13.6. The minimum absolute atomic E-state index is 0.427. The number of piperidine rings is 1. The molecule has 0 aliphatic carbocycles. The first kappa shape index (κ1) is 18.7. The number of nitrogens with zero attached hydrogens (tertiary/aromatic N) is 4. The molecule has 3 aromatic rings. The van der Waals surface area contributed by atoms with Gasteiger partial charge in [0.1, 0.15) is 5.69 Å². The maximum absolute atomic E-state index is 6.13. The fraction of sp³-hybridized carbons (Fsp3) is 0.278. The van der Waals surface area contributed by atoms with Gasteiger partial charge in [-0.05, 0) is 36.8 Å². The van der Waals surface area contributed by atoms with Crippen LogP contribution in [0.3, 0.4) is 0 Å². The summed E-state index contributed by atoms with van der Waals surface area (Å²) >= 11 is 15.4. The number of pyridine rings is 1. The molecule has 1 aliphatic rings. The summed E-state index contributed by atoms with van der Waals surface area (Å²) < 4.78 is 0. The molecule has 9 heteroatoms. The van der Waals surface area contributed by atoms with Crippen LogP contribution in [-0.4, -0.2) is 29.3 Å². The van der Waals surface area contributed by atoms with Gasteiger partial charge in [-0.2, -0.15) is 5.10 Å². The van der Waals surface area contributed by atoms with Gasteiger partial charge in [0.05, 0.1) is 26.0 Å². The van der Waals surface area contributed by atoms with Crippen LogP contribution in [0.5, 0.6) is 0 Å². The molecule has 0 radical (unpaired) electrons. The molecule has 0 saturated carbocycles. The zero-order valence-electron chi connectivity index (χ0n) is 14.4. The van der Waals surface area contributed by atoms with E-state index in [9.17, 15) is 0 Å². The van der Waals surface area contributed by atoms with Crippen molar-refractivity contribution in [2.24, 2.45) is 5.10 Å². The Labute approximate surface area is 175 Å². The average molecular weight is 438 g/mol. The van der Waals surface area contributed by atoms with Crippen molar-refractivity contribution >= 4 is 63.0 Å². The number of hydrazone groups is 1. The highest BCUT2D eigenvalue weighted by Crippen LogP contribution is 2.35. The molecule has 1 aliphatic heterocycles. The Balaban J connectivity index is 1.59. The molecule has 5 nitrogen and oxygen atoms in total. The molecular formula is C18H17Cl2N5S2. The Hall–Kier alpha value is -1.67. The Bertz CT molecular complexity index is 933. The molecule has 1 N–H and O–H groups in total. The van der Waals surface area contributed by atoms with Crippen molar-refractivity contribution < 1.29 is 0 Å². The van der Waals surface area contributed by atoms with Crippen molar-refractivity contribution in [3.05, 3.63) is 44.7 Å². The second kappa shape index (κ2) is 8.56. The van der Waals surface area contributed by atoms with E-state index in [1.165, 1.54) is 25.5 Å². The largest absolute Gasteiger partial charge is 0.348 e. The van der Waals surface area contributed by atoms with Crippen molar-refractivity contribution in [2.45, 2.75) is 19.3 Å². The molecule has 0 aromatic carbocycles. The SMILES string of the molecule is Clc1cnc(NN=Cc2sc(N3CCCCC3)nc2-c2cccs2)c(Cl)c1. The van der Waals surface area contributed by atoms with Crippen LogP contribution in [0.25, 0.3) is 10.6 Å². The molecule has 3 aromatic heterocycles. The molecule has 0 bridgehead atoms. The molecule has 4 rings (SSSR count). The zero-order valence-corrected chi connectivity index (χ0v) is 17.5. The third-order valence-corrected chi connectivity index (χ3v) is 6.61. The number of rotatable bonds is 5. The molecule has 0 spiro atoms. The van der Waals surface area contributed by atoms with E-state index in [-0.39, 0.29) is 0 Å². The fourth-order valence-electron chi connectivity index (χ4n) is 2.87. The summed E-state index contributed by atoms with van der Waals surface area (Å²) in [7, 11) is 0. The van der Waals surface area contributed by atoms with Gasteiger partial charge in [-0.1, -0.05) is 40.6 Å². The average Bonchev–Trinajstić information content (AvgIpc) is 3.34. The standard InChI is InChI=1S/C18H17Cl2N5S2/c19-12-9-13(20)17(21-10-12)24-22-11-15-16(14-5-4-8-26-14)23-18(27-15)25-6-2-1-3-7-25/h4-5,8-11H,1-3,6-7H2,(H,21,24). The van der Waals surface area contributed by atoms with Crippen molar-refractivity contribution in [2.75, 3.05) is 23.4 Å². The molecule has 1 saturated heterocycles. The number of nitrogens with one attached hydrogen (secondary N) is 1. The van der Waals surface area contributed by atoms with Crippen LogP contribution < -0.4 is 10.3 Å². The van der Waals surface area contributed by atoms with Crippen LogP contribution in [0.4, 0.5) is 10.9 Å². The number of hydrogen-bond donors (Lipinski definition) is 1. The summed E-state index contributed by atoms with van der Waals surface area (Å²) in [5.41, 5.74) is 3.86. The van der Waals surface area contributed by atoms with E-state index in [1.54, 1.807) is 35.0 Å². The predicted molar refractivity (Wildman–Crippen MR) is 117 cm³/mol. The quantitative estimate of drug-likeness (QED) is 0.392. The van der Waals surface area contributed by atoms with Gasteiger partial charge < -0.3 is 4.90 Å². The number of anilines is 2. The lowest BCUT2D eigenvalue weighted by molar-refractivity contribution is 0.577. The van der Waals surface area contributed by atoms with Gasteiger partial charge in [0.25, 0.3) is 0 Å². The van der Waals surface area contributed by atoms with Crippen LogP contribution in [0.2, 0.25) is 10.0 Å². The summed E-state index contributed by atoms with van der Waals surface area (Å²) in [6.07, 6.45) is 7.06. The Morgan fingerprint density at radius 3 is 2.81 bits per heavy atom. The van der Waals surface area contributed by atoms with Crippen LogP contribution in [0, 0.1) is 0 Å². The first-order valence-corrected chi connectivity index (χ1v) is 11.1. The van der Waals surface area contributed by atoms with Gasteiger partial charge in [-0.3, -0.25) is 5.43 Å². The van der Waals surface area contributed by atoms with Gasteiger partial charge in [-0.25, -0.2) is 9.97 Å². The fourth-order valence-corrected chi connectivity index (χ4v) is 5.08. The lowest BCUT2D eigenvalue weighted by Gasteiger charge is -2.25. The first-order valence-electron chi connectivity index (χ1n) is 8.60. The normalized spacial score (nSPS) is 14.8. The maximum atomic E-state index is 6.13. The van der Waals surface area contributed by atoms with Crippen LogP contribution in [0.15, 0.2) is 34.9 Å². The van der Waals surface area contributed by atoms with E-state index in [2.05, 4.69) is 31.9 Å². The topological polar surface area (TPSA) is 53.4 Å². The molecular weight excluding hydrogens is 421 g/mol. The van der Waals surface area contributed by atoms with E-state index in [4.69, 9.17) is 28.2 Å². The summed E-state index contributed by atoms with van der Waals surface area (Å²) in [6, 6.07) is 5.75. The Kier molecular flexibility index (Phi) is 5.92. The number of thiophene rings is 1. The first-order chi connectivity index (χ1) is 13.2. The van der Waals surface area contributed by atoms with Crippen LogP contribution in [-0.2, 0) is 0 Å². The van der Waals surface area contributed by atoms with Crippen LogP contribution in [0.1, 0.15) is 24.1 Å². The number of thiazole rings is 1. The third kappa shape index (κ3) is 4.43. The van der Waals surface area contributed by atoms with Gasteiger partial charge in [0, 0.05) is 19.3 Å². The second-order valence-corrected chi connectivity index (χ2v) is 8.89.